The Morgan fingerprint density at radius 3 is 2.83 bits per heavy atom. The largest absolute Gasteiger partial charge is 0.491 e. The maximum atomic E-state index is 13.0. The highest BCUT2D eigenvalue weighted by Gasteiger charge is 2.34. The molecule has 158 valence electrons. The second-order valence-electron chi connectivity index (χ2n) is 6.96. The Labute approximate surface area is 168 Å². The summed E-state index contributed by atoms with van der Waals surface area (Å²) in [4.78, 5) is 6.71. The molecule has 1 aliphatic heterocycles. The molecule has 0 bridgehead atoms. The summed E-state index contributed by atoms with van der Waals surface area (Å²) in [5.74, 6) is 0.979. The Balaban J connectivity index is 1.58. The molecule has 1 atom stereocenters. The number of benzene rings is 1. The zero-order valence-corrected chi connectivity index (χ0v) is 16.6. The van der Waals surface area contributed by atoms with Gasteiger partial charge in [-0.05, 0) is 31.0 Å². The number of rotatable bonds is 6. The minimum atomic E-state index is -4.44. The number of aliphatic imine (C=N–C) groups is 1. The molecule has 0 spiro atoms. The number of aryl methyl sites for hydroxylation is 1. The number of alkyl halides is 3. The van der Waals surface area contributed by atoms with Crippen LogP contribution in [0.25, 0.3) is 0 Å². The van der Waals surface area contributed by atoms with E-state index in [0.29, 0.717) is 12.5 Å². The molecule has 2 heterocycles. The monoisotopic (exact) mass is 409 g/mol. The smallest absolute Gasteiger partial charge is 0.419 e. The van der Waals surface area contributed by atoms with E-state index in [2.05, 4.69) is 20.3 Å². The van der Waals surface area contributed by atoms with Gasteiger partial charge >= 0.3 is 6.18 Å². The lowest BCUT2D eigenvalue weighted by Gasteiger charge is -2.21. The number of guanidine groups is 1. The summed E-state index contributed by atoms with van der Waals surface area (Å²) in [5.41, 5.74) is 0.438. The van der Waals surface area contributed by atoms with Crippen LogP contribution in [0.1, 0.15) is 30.4 Å². The molecule has 2 aromatic rings. The highest BCUT2D eigenvalue weighted by Crippen LogP contribution is 2.35. The number of aromatic nitrogens is 2. The standard InChI is InChI=1S/C20H26F3N5O/c1-3-24-19(28-10-8-15(14-28)16-12-26-27(2)13-16)25-9-11-29-18-7-5-4-6-17(18)20(21,22)23/h4-7,12-13,15H,3,8-11,14H2,1-2H3,(H,24,25). The first kappa shape index (κ1) is 21.0. The Morgan fingerprint density at radius 2 is 2.14 bits per heavy atom. The van der Waals surface area contributed by atoms with Crippen molar-refractivity contribution in [3.8, 4) is 5.75 Å². The number of nitrogens with one attached hydrogen (secondary N) is 1. The van der Waals surface area contributed by atoms with E-state index in [0.717, 1.165) is 31.5 Å². The van der Waals surface area contributed by atoms with E-state index in [1.165, 1.54) is 23.8 Å². The number of hydrogen-bond donors (Lipinski definition) is 1. The molecule has 0 radical (unpaired) electrons. The molecule has 1 saturated heterocycles. The fourth-order valence-electron chi connectivity index (χ4n) is 3.44. The average molecular weight is 409 g/mol. The summed E-state index contributed by atoms with van der Waals surface area (Å²) in [6, 6.07) is 5.23. The van der Waals surface area contributed by atoms with Crippen molar-refractivity contribution in [1.82, 2.24) is 20.0 Å². The molecule has 0 saturated carbocycles. The van der Waals surface area contributed by atoms with Gasteiger partial charge in [-0.3, -0.25) is 4.68 Å². The van der Waals surface area contributed by atoms with Crippen LogP contribution >= 0.6 is 0 Å². The zero-order chi connectivity index (χ0) is 20.9. The number of hydrogen-bond acceptors (Lipinski definition) is 3. The lowest BCUT2D eigenvalue weighted by atomic mass is 10.0. The maximum absolute atomic E-state index is 13.0. The second kappa shape index (κ2) is 9.19. The molecule has 1 aliphatic rings. The fourth-order valence-corrected chi connectivity index (χ4v) is 3.44. The summed E-state index contributed by atoms with van der Waals surface area (Å²) in [6.07, 6.45) is 0.492. The van der Waals surface area contributed by atoms with Crippen molar-refractivity contribution in [3.05, 3.63) is 47.8 Å². The van der Waals surface area contributed by atoms with Gasteiger partial charge in [0, 0.05) is 38.8 Å². The van der Waals surface area contributed by atoms with Crippen LogP contribution in [0, 0.1) is 0 Å². The van der Waals surface area contributed by atoms with Crippen LogP contribution < -0.4 is 10.1 Å². The second-order valence-corrected chi connectivity index (χ2v) is 6.96. The first-order valence-electron chi connectivity index (χ1n) is 9.69. The van der Waals surface area contributed by atoms with Gasteiger partial charge in [-0.2, -0.15) is 18.3 Å². The molecule has 9 heteroatoms. The Bertz CT molecular complexity index is 834. The number of ether oxygens (including phenoxy) is 1. The van der Waals surface area contributed by atoms with Crippen molar-refractivity contribution >= 4 is 5.96 Å². The molecule has 1 aromatic carbocycles. The topological polar surface area (TPSA) is 54.7 Å². The minimum absolute atomic E-state index is 0.0713. The minimum Gasteiger partial charge on any atom is -0.491 e. The number of para-hydroxylation sites is 1. The molecule has 0 aliphatic carbocycles. The van der Waals surface area contributed by atoms with Crippen LogP contribution in [-0.2, 0) is 13.2 Å². The number of halogens is 3. The summed E-state index contributed by atoms with van der Waals surface area (Å²) in [5, 5.41) is 7.49. The van der Waals surface area contributed by atoms with E-state index in [1.807, 2.05) is 26.4 Å². The SMILES string of the molecule is CCNC(=NCCOc1ccccc1C(F)(F)F)N1CCC(c2cnn(C)c2)C1. The van der Waals surface area contributed by atoms with Gasteiger partial charge < -0.3 is 15.0 Å². The van der Waals surface area contributed by atoms with Crippen LogP contribution in [0.4, 0.5) is 13.2 Å². The Kier molecular flexibility index (Phi) is 6.66. The molecule has 1 N–H and O–H groups in total. The molecular weight excluding hydrogens is 383 g/mol. The first-order chi connectivity index (χ1) is 13.9. The van der Waals surface area contributed by atoms with Crippen molar-refractivity contribution in [1.29, 1.82) is 0 Å². The summed E-state index contributed by atoms with van der Waals surface area (Å²) < 4.78 is 46.3. The summed E-state index contributed by atoms with van der Waals surface area (Å²) >= 11 is 0. The van der Waals surface area contributed by atoms with E-state index in [-0.39, 0.29) is 18.9 Å². The number of nitrogens with zero attached hydrogens (tertiary/aromatic N) is 4. The Hall–Kier alpha value is -2.71. The van der Waals surface area contributed by atoms with Crippen LogP contribution in [-0.4, -0.2) is 53.4 Å². The van der Waals surface area contributed by atoms with Crippen molar-refractivity contribution in [2.75, 3.05) is 32.8 Å². The van der Waals surface area contributed by atoms with Gasteiger partial charge in [-0.15, -0.1) is 0 Å². The van der Waals surface area contributed by atoms with Gasteiger partial charge in [0.05, 0.1) is 18.3 Å². The quantitative estimate of drug-likeness (QED) is 0.452. The summed E-state index contributed by atoms with van der Waals surface area (Å²) in [7, 11) is 1.90. The third-order valence-electron chi connectivity index (χ3n) is 4.82. The maximum Gasteiger partial charge on any atom is 0.419 e. The predicted octanol–water partition coefficient (Wildman–Crippen LogP) is 3.27. The molecule has 1 aromatic heterocycles. The zero-order valence-electron chi connectivity index (χ0n) is 16.6. The van der Waals surface area contributed by atoms with Crippen LogP contribution in [0.5, 0.6) is 5.75 Å². The van der Waals surface area contributed by atoms with Gasteiger partial charge in [0.25, 0.3) is 0 Å². The van der Waals surface area contributed by atoms with Crippen molar-refractivity contribution < 1.29 is 17.9 Å². The first-order valence-corrected chi connectivity index (χ1v) is 9.69. The van der Waals surface area contributed by atoms with Crippen molar-refractivity contribution in [2.45, 2.75) is 25.4 Å². The predicted molar refractivity (Wildman–Crippen MR) is 105 cm³/mol. The van der Waals surface area contributed by atoms with Crippen molar-refractivity contribution in [2.24, 2.45) is 12.0 Å². The number of likely N-dealkylation sites (tertiary alicyclic amines) is 1. The van der Waals surface area contributed by atoms with Crippen LogP contribution in [0.2, 0.25) is 0 Å². The lowest BCUT2D eigenvalue weighted by Crippen LogP contribution is -2.40. The molecule has 0 amide bonds. The Morgan fingerprint density at radius 1 is 1.34 bits per heavy atom. The highest BCUT2D eigenvalue weighted by molar-refractivity contribution is 5.80. The van der Waals surface area contributed by atoms with Gasteiger partial charge in [0.15, 0.2) is 5.96 Å². The normalized spacial score (nSPS) is 17.6. The third kappa shape index (κ3) is 5.42. The van der Waals surface area contributed by atoms with E-state index < -0.39 is 11.7 Å². The molecule has 1 unspecified atom stereocenters. The van der Waals surface area contributed by atoms with Gasteiger partial charge in [-0.25, -0.2) is 4.99 Å². The highest BCUT2D eigenvalue weighted by atomic mass is 19.4. The van der Waals surface area contributed by atoms with Crippen LogP contribution in [0.3, 0.4) is 0 Å². The molecular formula is C20H26F3N5O. The van der Waals surface area contributed by atoms with Gasteiger partial charge in [0.1, 0.15) is 12.4 Å². The van der Waals surface area contributed by atoms with Gasteiger partial charge in [-0.1, -0.05) is 12.1 Å². The fraction of sp³-hybridized carbons (Fsp3) is 0.500. The van der Waals surface area contributed by atoms with E-state index >= 15 is 0 Å². The van der Waals surface area contributed by atoms with Crippen molar-refractivity contribution in [3.63, 3.8) is 0 Å². The van der Waals surface area contributed by atoms with E-state index in [9.17, 15) is 13.2 Å². The van der Waals surface area contributed by atoms with Gasteiger partial charge in [0.2, 0.25) is 0 Å². The summed E-state index contributed by atoms with van der Waals surface area (Å²) in [6.45, 7) is 4.73. The van der Waals surface area contributed by atoms with Crippen LogP contribution in [0.15, 0.2) is 41.7 Å². The molecule has 6 nitrogen and oxygen atoms in total. The molecule has 29 heavy (non-hydrogen) atoms. The van der Waals surface area contributed by atoms with E-state index in [4.69, 9.17) is 4.74 Å². The average Bonchev–Trinajstić information content (AvgIpc) is 3.33. The molecule has 1 fully saturated rings. The molecule has 3 rings (SSSR count). The van der Waals surface area contributed by atoms with E-state index in [1.54, 1.807) is 4.68 Å². The lowest BCUT2D eigenvalue weighted by molar-refractivity contribution is -0.138. The third-order valence-corrected chi connectivity index (χ3v) is 4.82.